The van der Waals surface area contributed by atoms with Crippen LogP contribution < -0.4 is 4.72 Å². The first-order chi connectivity index (χ1) is 14.7. The Bertz CT molecular complexity index is 1200. The summed E-state index contributed by atoms with van der Waals surface area (Å²) >= 11 is 1.05. The van der Waals surface area contributed by atoms with E-state index in [-0.39, 0.29) is 21.8 Å². The van der Waals surface area contributed by atoms with Gasteiger partial charge in [-0.05, 0) is 38.0 Å². The maximum absolute atomic E-state index is 12.9. The lowest BCUT2D eigenvalue weighted by Gasteiger charge is -2.25. The number of rotatable bonds is 5. The van der Waals surface area contributed by atoms with E-state index in [0.717, 1.165) is 28.0 Å². The average molecular weight is 463 g/mol. The van der Waals surface area contributed by atoms with Crippen LogP contribution in [-0.4, -0.2) is 55.7 Å². The lowest BCUT2D eigenvalue weighted by atomic mass is 10.1. The van der Waals surface area contributed by atoms with Gasteiger partial charge in [-0.25, -0.2) is 8.42 Å². The van der Waals surface area contributed by atoms with Gasteiger partial charge in [0.05, 0.1) is 18.9 Å². The molecule has 9 nitrogen and oxygen atoms in total. The van der Waals surface area contributed by atoms with Crippen molar-refractivity contribution in [2.45, 2.75) is 25.0 Å². The number of aromatic nitrogens is 2. The van der Waals surface area contributed by atoms with Crippen molar-refractivity contribution in [2.24, 2.45) is 0 Å². The number of hydrogen-bond acceptors (Lipinski definition) is 8. The number of ether oxygens (including phenoxy) is 1. The third-order valence-electron chi connectivity index (χ3n) is 4.92. The van der Waals surface area contributed by atoms with E-state index >= 15 is 0 Å². The number of nitrogens with one attached hydrogen (secondary N) is 1. The van der Waals surface area contributed by atoms with Crippen LogP contribution in [0.15, 0.2) is 32.3 Å². The summed E-state index contributed by atoms with van der Waals surface area (Å²) in [6.07, 6.45) is 0. The van der Waals surface area contributed by atoms with Gasteiger partial charge in [-0.15, -0.1) is 11.3 Å². The molecule has 0 bridgehead atoms. The van der Waals surface area contributed by atoms with Gasteiger partial charge in [0.2, 0.25) is 5.82 Å². The van der Waals surface area contributed by atoms with Gasteiger partial charge in [-0.1, -0.05) is 22.9 Å². The van der Waals surface area contributed by atoms with E-state index in [1.165, 1.54) is 6.07 Å². The van der Waals surface area contributed by atoms with E-state index < -0.39 is 10.0 Å². The normalized spacial score (nSPS) is 14.6. The van der Waals surface area contributed by atoms with Gasteiger partial charge in [0, 0.05) is 24.0 Å². The van der Waals surface area contributed by atoms with Crippen LogP contribution in [0.1, 0.15) is 27.4 Å². The summed E-state index contributed by atoms with van der Waals surface area (Å²) in [4.78, 5) is 18.2. The second-order valence-electron chi connectivity index (χ2n) is 7.36. The summed E-state index contributed by atoms with van der Waals surface area (Å²) in [5.74, 6) is -0.328. The van der Waals surface area contributed by atoms with Crippen molar-refractivity contribution in [3.8, 4) is 11.4 Å². The molecule has 2 aromatic heterocycles. The molecule has 3 aromatic rings. The van der Waals surface area contributed by atoms with Gasteiger partial charge in [-0.2, -0.15) is 4.98 Å². The van der Waals surface area contributed by atoms with Gasteiger partial charge in [0.1, 0.15) is 4.21 Å². The Morgan fingerprint density at radius 1 is 1.13 bits per heavy atom. The third-order valence-corrected chi connectivity index (χ3v) is 7.71. The van der Waals surface area contributed by atoms with Crippen LogP contribution in [0.25, 0.3) is 11.4 Å². The molecule has 1 saturated heterocycles. The van der Waals surface area contributed by atoms with Crippen LogP contribution in [0.4, 0.5) is 5.69 Å². The highest BCUT2D eigenvalue weighted by atomic mass is 32.2. The molecule has 1 aliphatic rings. The fraction of sp³-hybridized carbons (Fsp3) is 0.350. The third kappa shape index (κ3) is 4.48. The van der Waals surface area contributed by atoms with Crippen LogP contribution in [0, 0.1) is 20.8 Å². The van der Waals surface area contributed by atoms with Crippen molar-refractivity contribution >= 4 is 33.0 Å². The summed E-state index contributed by atoms with van der Waals surface area (Å²) in [7, 11) is -3.79. The van der Waals surface area contributed by atoms with Crippen molar-refractivity contribution in [2.75, 3.05) is 31.0 Å². The van der Waals surface area contributed by atoms with Crippen molar-refractivity contribution in [3.63, 3.8) is 0 Å². The Balaban J connectivity index is 1.54. The lowest BCUT2D eigenvalue weighted by Crippen LogP contribution is -2.40. The molecule has 0 aliphatic carbocycles. The predicted molar refractivity (Wildman–Crippen MR) is 116 cm³/mol. The lowest BCUT2D eigenvalue weighted by molar-refractivity contribution is 0.0272. The number of sulfonamides is 1. The number of thiophene rings is 1. The molecule has 11 heteroatoms. The number of amides is 1. The molecule has 1 fully saturated rings. The van der Waals surface area contributed by atoms with Gasteiger partial charge in [0.15, 0.2) is 0 Å². The monoisotopic (exact) mass is 462 g/mol. The zero-order valence-electron chi connectivity index (χ0n) is 17.3. The molecule has 1 aliphatic heterocycles. The first-order valence-corrected chi connectivity index (χ1v) is 12.0. The van der Waals surface area contributed by atoms with Crippen molar-refractivity contribution < 1.29 is 22.5 Å². The quantitative estimate of drug-likeness (QED) is 0.620. The van der Waals surface area contributed by atoms with E-state index in [4.69, 9.17) is 9.26 Å². The van der Waals surface area contributed by atoms with E-state index in [0.29, 0.717) is 37.6 Å². The molecule has 0 saturated carbocycles. The SMILES string of the molecule is Cc1cc(C)c(NS(=O)(=O)c2cc(-c3noc(C(=O)N4CCOCC4)n3)cs2)c(C)c1. The minimum absolute atomic E-state index is 0.118. The molecule has 0 unspecified atom stereocenters. The van der Waals surface area contributed by atoms with Crippen molar-refractivity contribution in [3.05, 3.63) is 46.2 Å². The van der Waals surface area contributed by atoms with Gasteiger partial charge >= 0.3 is 11.8 Å². The number of aryl methyl sites for hydroxylation is 3. The Hall–Kier alpha value is -2.76. The van der Waals surface area contributed by atoms with E-state index in [2.05, 4.69) is 14.9 Å². The molecule has 4 rings (SSSR count). The minimum atomic E-state index is -3.79. The molecule has 1 N–H and O–H groups in total. The second kappa shape index (κ2) is 8.40. The summed E-state index contributed by atoms with van der Waals surface area (Å²) in [5.41, 5.74) is 3.80. The summed E-state index contributed by atoms with van der Waals surface area (Å²) in [6.45, 7) is 7.54. The topological polar surface area (TPSA) is 115 Å². The molecular weight excluding hydrogens is 440 g/mol. The standard InChI is InChI=1S/C20H22N4O5S2/c1-12-8-13(2)17(14(3)9-12)23-31(26,27)16-10-15(11-30-16)18-21-19(29-22-18)20(25)24-4-6-28-7-5-24/h8-11,23H,4-7H2,1-3H3. The van der Waals surface area contributed by atoms with Crippen LogP contribution >= 0.6 is 11.3 Å². The zero-order valence-corrected chi connectivity index (χ0v) is 19.0. The summed E-state index contributed by atoms with van der Waals surface area (Å²) < 4.78 is 39.0. The smallest absolute Gasteiger partial charge is 0.316 e. The van der Waals surface area contributed by atoms with Gasteiger partial charge < -0.3 is 14.2 Å². The van der Waals surface area contributed by atoms with Crippen LogP contribution in [0.2, 0.25) is 0 Å². The largest absolute Gasteiger partial charge is 0.378 e. The Morgan fingerprint density at radius 2 is 1.81 bits per heavy atom. The van der Waals surface area contributed by atoms with E-state index in [9.17, 15) is 13.2 Å². The molecule has 0 spiro atoms. The first-order valence-electron chi connectivity index (χ1n) is 9.65. The number of anilines is 1. The van der Waals surface area contributed by atoms with Gasteiger partial charge in [0.25, 0.3) is 10.0 Å². The number of morpholine rings is 1. The molecule has 1 aromatic carbocycles. The summed E-state index contributed by atoms with van der Waals surface area (Å²) in [5, 5.41) is 5.47. The number of carbonyl (C=O) groups excluding carboxylic acids is 1. The van der Waals surface area contributed by atoms with Gasteiger partial charge in [-0.3, -0.25) is 9.52 Å². The molecule has 0 atom stereocenters. The molecule has 0 radical (unpaired) electrons. The fourth-order valence-corrected chi connectivity index (χ4v) is 5.79. The highest BCUT2D eigenvalue weighted by Crippen LogP contribution is 2.30. The number of nitrogens with zero attached hydrogens (tertiary/aromatic N) is 3. The number of benzene rings is 1. The molecule has 1 amide bonds. The predicted octanol–water partition coefficient (Wildman–Crippen LogP) is 3.00. The zero-order chi connectivity index (χ0) is 22.2. The van der Waals surface area contributed by atoms with Crippen molar-refractivity contribution in [1.82, 2.24) is 15.0 Å². The van der Waals surface area contributed by atoms with Crippen LogP contribution in [0.5, 0.6) is 0 Å². The molecule has 31 heavy (non-hydrogen) atoms. The average Bonchev–Trinajstić information content (AvgIpc) is 3.41. The highest BCUT2D eigenvalue weighted by molar-refractivity contribution is 7.94. The maximum Gasteiger partial charge on any atom is 0.316 e. The number of carbonyl (C=O) groups is 1. The Labute approximate surface area is 184 Å². The minimum Gasteiger partial charge on any atom is -0.378 e. The maximum atomic E-state index is 12.9. The number of hydrogen-bond donors (Lipinski definition) is 1. The van der Waals surface area contributed by atoms with Crippen LogP contribution in [-0.2, 0) is 14.8 Å². The Kier molecular flexibility index (Phi) is 5.82. The fourth-order valence-electron chi connectivity index (χ4n) is 3.43. The van der Waals surface area contributed by atoms with Crippen molar-refractivity contribution in [1.29, 1.82) is 0 Å². The summed E-state index contributed by atoms with van der Waals surface area (Å²) in [6, 6.07) is 5.33. The van der Waals surface area contributed by atoms with E-state index in [1.807, 2.05) is 32.9 Å². The molecular formula is C20H22N4O5S2. The van der Waals surface area contributed by atoms with E-state index in [1.54, 1.807) is 10.3 Å². The second-order valence-corrected chi connectivity index (χ2v) is 10.2. The molecule has 164 valence electrons. The highest BCUT2D eigenvalue weighted by Gasteiger charge is 2.26. The first kappa shape index (κ1) is 21.5. The Morgan fingerprint density at radius 3 is 2.48 bits per heavy atom. The van der Waals surface area contributed by atoms with Crippen LogP contribution in [0.3, 0.4) is 0 Å². The molecule has 3 heterocycles.